The average Bonchev–Trinajstić information content (AvgIpc) is 2.71. The minimum Gasteiger partial charge on any atom is -0.364 e. The molecule has 0 saturated heterocycles. The lowest BCUT2D eigenvalue weighted by Gasteiger charge is -2.20. The first-order valence-electron chi connectivity index (χ1n) is 4.70. The van der Waals surface area contributed by atoms with E-state index in [9.17, 15) is 0 Å². The van der Waals surface area contributed by atoms with Crippen LogP contribution in [0.3, 0.4) is 0 Å². The van der Waals surface area contributed by atoms with Gasteiger partial charge in [0.15, 0.2) is 5.96 Å². The normalized spacial score (nSPS) is 10.5. The Morgan fingerprint density at radius 2 is 2.50 bits per heavy atom. The molecule has 1 aromatic heterocycles. The Kier molecular flexibility index (Phi) is 7.61. The number of guanidine groups is 1. The summed E-state index contributed by atoms with van der Waals surface area (Å²) in [5, 5.41) is 6.96. The summed E-state index contributed by atoms with van der Waals surface area (Å²) in [6, 6.07) is 1.83. The summed E-state index contributed by atoms with van der Waals surface area (Å²) in [5.41, 5.74) is 0.874. The standard InChI is InChI=1S/C10H16N4O.HI/c1-4-6-12-10(11-2)14(3)8-9-5-7-15-13-9;/h4-5,7H,1,6,8H2,2-3H3,(H,11,12);1H. The number of hydrogen-bond donors (Lipinski definition) is 1. The Balaban J connectivity index is 0.00000225. The third-order valence-electron chi connectivity index (χ3n) is 1.87. The van der Waals surface area contributed by atoms with Crippen molar-refractivity contribution in [2.45, 2.75) is 6.54 Å². The van der Waals surface area contributed by atoms with Crippen molar-refractivity contribution in [1.29, 1.82) is 0 Å². The van der Waals surface area contributed by atoms with Crippen LogP contribution in [-0.4, -0.2) is 36.7 Å². The van der Waals surface area contributed by atoms with Gasteiger partial charge in [-0.3, -0.25) is 4.99 Å². The number of aromatic nitrogens is 1. The average molecular weight is 336 g/mol. The third kappa shape index (κ3) is 4.65. The van der Waals surface area contributed by atoms with E-state index >= 15 is 0 Å². The van der Waals surface area contributed by atoms with Crippen LogP contribution in [0.5, 0.6) is 0 Å². The van der Waals surface area contributed by atoms with E-state index in [0.717, 1.165) is 11.7 Å². The van der Waals surface area contributed by atoms with Gasteiger partial charge in [-0.05, 0) is 0 Å². The largest absolute Gasteiger partial charge is 0.364 e. The second kappa shape index (κ2) is 8.14. The molecule has 1 heterocycles. The molecular formula is C10H17IN4O. The van der Waals surface area contributed by atoms with Crippen LogP contribution in [-0.2, 0) is 6.54 Å². The predicted molar refractivity (Wildman–Crippen MR) is 74.9 cm³/mol. The van der Waals surface area contributed by atoms with E-state index in [1.165, 1.54) is 0 Å². The molecule has 0 fully saturated rings. The lowest BCUT2D eigenvalue weighted by molar-refractivity contribution is 0.391. The zero-order chi connectivity index (χ0) is 11.1. The minimum atomic E-state index is 0. The highest BCUT2D eigenvalue weighted by Gasteiger charge is 2.06. The lowest BCUT2D eigenvalue weighted by atomic mass is 10.4. The van der Waals surface area contributed by atoms with Crippen LogP contribution >= 0.6 is 24.0 Å². The summed E-state index contributed by atoms with van der Waals surface area (Å²) in [4.78, 5) is 6.09. The first-order chi connectivity index (χ1) is 7.27. The summed E-state index contributed by atoms with van der Waals surface area (Å²) in [5.74, 6) is 0.804. The fraction of sp³-hybridized carbons (Fsp3) is 0.400. The Labute approximate surface area is 113 Å². The lowest BCUT2D eigenvalue weighted by Crippen LogP contribution is -2.38. The van der Waals surface area contributed by atoms with Crippen molar-refractivity contribution in [3.63, 3.8) is 0 Å². The van der Waals surface area contributed by atoms with Crippen LogP contribution in [0, 0.1) is 0 Å². The van der Waals surface area contributed by atoms with Gasteiger partial charge in [0.25, 0.3) is 0 Å². The van der Waals surface area contributed by atoms with Crippen LogP contribution in [0.25, 0.3) is 0 Å². The fourth-order valence-corrected chi connectivity index (χ4v) is 1.19. The molecule has 90 valence electrons. The second-order valence-corrected chi connectivity index (χ2v) is 3.06. The SMILES string of the molecule is C=CCNC(=NC)N(C)Cc1ccon1.I. The molecule has 0 saturated carbocycles. The molecule has 0 aromatic carbocycles. The fourth-order valence-electron chi connectivity index (χ4n) is 1.19. The number of hydrogen-bond acceptors (Lipinski definition) is 3. The molecule has 1 rings (SSSR count). The van der Waals surface area contributed by atoms with Gasteiger partial charge in [-0.25, -0.2) is 0 Å². The van der Waals surface area contributed by atoms with Gasteiger partial charge in [0.2, 0.25) is 0 Å². The van der Waals surface area contributed by atoms with Gasteiger partial charge in [-0.15, -0.1) is 30.6 Å². The van der Waals surface area contributed by atoms with E-state index < -0.39 is 0 Å². The summed E-state index contributed by atoms with van der Waals surface area (Å²) in [7, 11) is 3.68. The van der Waals surface area contributed by atoms with E-state index in [4.69, 9.17) is 4.52 Å². The number of rotatable bonds is 4. The predicted octanol–water partition coefficient (Wildman–Crippen LogP) is 1.49. The van der Waals surface area contributed by atoms with Crippen molar-refractivity contribution in [1.82, 2.24) is 15.4 Å². The molecule has 0 aliphatic heterocycles. The highest BCUT2D eigenvalue weighted by atomic mass is 127. The van der Waals surface area contributed by atoms with Crippen LogP contribution < -0.4 is 5.32 Å². The molecular weight excluding hydrogens is 319 g/mol. The van der Waals surface area contributed by atoms with Crippen molar-refractivity contribution in [3.05, 3.63) is 30.7 Å². The maximum Gasteiger partial charge on any atom is 0.193 e. The first kappa shape index (κ1) is 14.9. The topological polar surface area (TPSA) is 53.7 Å². The molecule has 0 bridgehead atoms. The molecule has 0 aliphatic rings. The smallest absolute Gasteiger partial charge is 0.193 e. The van der Waals surface area contributed by atoms with E-state index in [2.05, 4.69) is 22.0 Å². The van der Waals surface area contributed by atoms with Crippen molar-refractivity contribution < 1.29 is 4.52 Å². The molecule has 0 spiro atoms. The maximum absolute atomic E-state index is 4.76. The Morgan fingerprint density at radius 1 is 1.75 bits per heavy atom. The number of aliphatic imine (C=N–C) groups is 1. The maximum atomic E-state index is 4.76. The van der Waals surface area contributed by atoms with Gasteiger partial charge < -0.3 is 14.7 Å². The molecule has 0 unspecified atom stereocenters. The molecule has 0 amide bonds. The summed E-state index contributed by atoms with van der Waals surface area (Å²) < 4.78 is 4.76. The van der Waals surface area contributed by atoms with Crippen molar-refractivity contribution in [2.75, 3.05) is 20.6 Å². The van der Waals surface area contributed by atoms with Gasteiger partial charge in [0, 0.05) is 26.7 Å². The van der Waals surface area contributed by atoms with Gasteiger partial charge in [0.05, 0.1) is 6.54 Å². The van der Waals surface area contributed by atoms with Gasteiger partial charge in [-0.1, -0.05) is 11.2 Å². The van der Waals surface area contributed by atoms with Crippen LogP contribution in [0.15, 0.2) is 34.5 Å². The number of nitrogens with zero attached hydrogens (tertiary/aromatic N) is 3. The highest BCUT2D eigenvalue weighted by molar-refractivity contribution is 14.0. The van der Waals surface area contributed by atoms with E-state index in [0.29, 0.717) is 13.1 Å². The quantitative estimate of drug-likeness (QED) is 0.392. The molecule has 6 heteroatoms. The zero-order valence-electron chi connectivity index (χ0n) is 9.51. The van der Waals surface area contributed by atoms with Crippen molar-refractivity contribution in [3.8, 4) is 0 Å². The first-order valence-corrected chi connectivity index (χ1v) is 4.70. The molecule has 1 aromatic rings. The van der Waals surface area contributed by atoms with Crippen LogP contribution in [0.4, 0.5) is 0 Å². The summed E-state index contributed by atoms with van der Waals surface area (Å²) in [6.45, 7) is 4.99. The van der Waals surface area contributed by atoms with E-state index in [-0.39, 0.29) is 24.0 Å². The monoisotopic (exact) mass is 336 g/mol. The minimum absolute atomic E-state index is 0. The Bertz CT molecular complexity index is 324. The van der Waals surface area contributed by atoms with Gasteiger partial charge in [-0.2, -0.15) is 0 Å². The highest BCUT2D eigenvalue weighted by Crippen LogP contribution is 1.99. The Hall–Kier alpha value is -1.05. The Morgan fingerprint density at radius 3 is 3.00 bits per heavy atom. The third-order valence-corrected chi connectivity index (χ3v) is 1.87. The van der Waals surface area contributed by atoms with Crippen molar-refractivity contribution in [2.24, 2.45) is 4.99 Å². The van der Waals surface area contributed by atoms with Crippen LogP contribution in [0.1, 0.15) is 5.69 Å². The molecule has 0 radical (unpaired) electrons. The van der Waals surface area contributed by atoms with E-state index in [1.54, 1.807) is 19.4 Å². The molecule has 16 heavy (non-hydrogen) atoms. The molecule has 5 nitrogen and oxygen atoms in total. The van der Waals surface area contributed by atoms with Gasteiger partial charge >= 0.3 is 0 Å². The number of nitrogens with one attached hydrogen (secondary N) is 1. The zero-order valence-corrected chi connectivity index (χ0v) is 11.8. The summed E-state index contributed by atoms with van der Waals surface area (Å²) >= 11 is 0. The summed E-state index contributed by atoms with van der Waals surface area (Å²) in [6.07, 6.45) is 3.35. The number of halogens is 1. The molecule has 0 atom stereocenters. The van der Waals surface area contributed by atoms with Gasteiger partial charge in [0.1, 0.15) is 12.0 Å². The second-order valence-electron chi connectivity index (χ2n) is 3.06. The molecule has 0 aliphatic carbocycles. The van der Waals surface area contributed by atoms with Crippen LogP contribution in [0.2, 0.25) is 0 Å². The van der Waals surface area contributed by atoms with Crippen molar-refractivity contribution >= 4 is 29.9 Å². The van der Waals surface area contributed by atoms with E-state index in [1.807, 2.05) is 18.0 Å². The molecule has 1 N–H and O–H groups in total.